The number of rotatable bonds is 4. The minimum Gasteiger partial charge on any atom is -0.357 e. The SMILES string of the molecule is CNC(=O)[C@@H](NC(=O)c1cc(C(C)(C)C)cc(C(C)(C)C)c1)c1ccccc1. The van der Waals surface area contributed by atoms with Crippen molar-refractivity contribution in [2.24, 2.45) is 0 Å². The van der Waals surface area contributed by atoms with Gasteiger partial charge in [-0.15, -0.1) is 0 Å². The molecule has 0 fully saturated rings. The molecule has 0 aliphatic rings. The summed E-state index contributed by atoms with van der Waals surface area (Å²) in [6.07, 6.45) is 0. The standard InChI is InChI=1S/C24H32N2O2/c1-23(2,3)18-13-17(14-19(15-18)24(4,5)6)21(27)26-20(22(28)25-7)16-11-9-8-10-12-16/h8-15,20H,1-7H3,(H,25,28)(H,26,27)/t20-/m0/s1. The third-order valence-electron chi connectivity index (χ3n) is 4.84. The van der Waals surface area contributed by atoms with Gasteiger partial charge in [0.25, 0.3) is 5.91 Å². The Morgan fingerprint density at radius 2 is 1.32 bits per heavy atom. The maximum Gasteiger partial charge on any atom is 0.252 e. The van der Waals surface area contributed by atoms with Gasteiger partial charge in [0.2, 0.25) is 5.91 Å². The van der Waals surface area contributed by atoms with Crippen LogP contribution in [0.3, 0.4) is 0 Å². The molecule has 2 aromatic rings. The van der Waals surface area contributed by atoms with E-state index in [1.807, 2.05) is 42.5 Å². The van der Waals surface area contributed by atoms with Crippen LogP contribution < -0.4 is 10.6 Å². The number of amides is 2. The van der Waals surface area contributed by atoms with Crippen molar-refractivity contribution in [1.82, 2.24) is 10.6 Å². The van der Waals surface area contributed by atoms with E-state index in [0.717, 1.165) is 16.7 Å². The van der Waals surface area contributed by atoms with Crippen molar-refractivity contribution in [3.63, 3.8) is 0 Å². The normalized spacial score (nSPS) is 13.0. The average Bonchev–Trinajstić information content (AvgIpc) is 2.64. The van der Waals surface area contributed by atoms with Crippen LogP contribution in [0.1, 0.15) is 74.6 Å². The van der Waals surface area contributed by atoms with Crippen LogP contribution in [0.4, 0.5) is 0 Å². The smallest absolute Gasteiger partial charge is 0.252 e. The number of nitrogens with one attached hydrogen (secondary N) is 2. The molecule has 0 aromatic heterocycles. The van der Waals surface area contributed by atoms with Crippen molar-refractivity contribution in [3.05, 3.63) is 70.8 Å². The van der Waals surface area contributed by atoms with E-state index in [9.17, 15) is 9.59 Å². The quantitative estimate of drug-likeness (QED) is 0.820. The van der Waals surface area contributed by atoms with E-state index < -0.39 is 6.04 Å². The fourth-order valence-electron chi connectivity index (χ4n) is 2.93. The van der Waals surface area contributed by atoms with Crippen molar-refractivity contribution in [1.29, 1.82) is 0 Å². The highest BCUT2D eigenvalue weighted by Crippen LogP contribution is 2.30. The molecule has 2 amide bonds. The Morgan fingerprint density at radius 3 is 1.75 bits per heavy atom. The Balaban J connectivity index is 2.45. The predicted molar refractivity (Wildman–Crippen MR) is 115 cm³/mol. The zero-order valence-electron chi connectivity index (χ0n) is 18.0. The van der Waals surface area contributed by atoms with Crippen LogP contribution >= 0.6 is 0 Å². The average molecular weight is 381 g/mol. The minimum absolute atomic E-state index is 0.0874. The Morgan fingerprint density at radius 1 is 0.821 bits per heavy atom. The molecule has 0 saturated heterocycles. The minimum atomic E-state index is -0.741. The molecule has 2 aromatic carbocycles. The van der Waals surface area contributed by atoms with Crippen LogP contribution in [-0.2, 0) is 15.6 Å². The first kappa shape index (κ1) is 21.7. The summed E-state index contributed by atoms with van der Waals surface area (Å²) in [5.41, 5.74) is 3.34. The number of hydrogen-bond donors (Lipinski definition) is 2. The molecule has 150 valence electrons. The highest BCUT2D eigenvalue weighted by atomic mass is 16.2. The van der Waals surface area contributed by atoms with E-state index in [1.165, 1.54) is 0 Å². The van der Waals surface area contributed by atoms with Crippen molar-refractivity contribution in [3.8, 4) is 0 Å². The summed E-state index contributed by atoms with van der Waals surface area (Å²) in [7, 11) is 1.57. The zero-order valence-corrected chi connectivity index (χ0v) is 18.0. The van der Waals surface area contributed by atoms with Crippen LogP contribution in [0.2, 0.25) is 0 Å². The van der Waals surface area contributed by atoms with Crippen LogP contribution in [0.5, 0.6) is 0 Å². The van der Waals surface area contributed by atoms with E-state index in [4.69, 9.17) is 0 Å². The Kier molecular flexibility index (Phi) is 6.33. The molecule has 0 bridgehead atoms. The second-order valence-electron chi connectivity index (χ2n) is 9.23. The van der Waals surface area contributed by atoms with Gasteiger partial charge in [-0.2, -0.15) is 0 Å². The molecule has 4 heteroatoms. The lowest BCUT2D eigenvalue weighted by atomic mass is 9.79. The number of hydrogen-bond acceptors (Lipinski definition) is 2. The number of carbonyl (C=O) groups excluding carboxylic acids is 2. The van der Waals surface area contributed by atoms with E-state index >= 15 is 0 Å². The van der Waals surface area contributed by atoms with Gasteiger partial charge in [0.1, 0.15) is 6.04 Å². The second kappa shape index (κ2) is 8.17. The van der Waals surface area contributed by atoms with Gasteiger partial charge in [-0.1, -0.05) is 77.9 Å². The van der Waals surface area contributed by atoms with Gasteiger partial charge in [-0.25, -0.2) is 0 Å². The van der Waals surface area contributed by atoms with Gasteiger partial charge >= 0.3 is 0 Å². The molecule has 2 rings (SSSR count). The molecular weight excluding hydrogens is 348 g/mol. The van der Waals surface area contributed by atoms with E-state index in [2.05, 4.69) is 58.2 Å². The fraction of sp³-hybridized carbons (Fsp3) is 0.417. The zero-order chi connectivity index (χ0) is 21.1. The molecule has 0 radical (unpaired) electrons. The van der Waals surface area contributed by atoms with Crippen molar-refractivity contribution in [2.45, 2.75) is 58.4 Å². The van der Waals surface area contributed by atoms with Gasteiger partial charge in [0.05, 0.1) is 0 Å². The Hall–Kier alpha value is -2.62. The molecule has 28 heavy (non-hydrogen) atoms. The number of likely N-dealkylation sites (N-methyl/N-ethyl adjacent to an activating group) is 1. The molecule has 0 spiro atoms. The Bertz CT molecular complexity index is 811. The lowest BCUT2D eigenvalue weighted by Gasteiger charge is -2.26. The fourth-order valence-corrected chi connectivity index (χ4v) is 2.93. The van der Waals surface area contributed by atoms with Gasteiger partial charge in [-0.3, -0.25) is 9.59 Å². The molecule has 4 nitrogen and oxygen atoms in total. The van der Waals surface area contributed by atoms with Crippen molar-refractivity contribution < 1.29 is 9.59 Å². The monoisotopic (exact) mass is 380 g/mol. The summed E-state index contributed by atoms with van der Waals surface area (Å²) in [5.74, 6) is -0.503. The molecule has 0 aliphatic carbocycles. The molecule has 0 unspecified atom stereocenters. The van der Waals surface area contributed by atoms with Gasteiger partial charge in [-0.05, 0) is 39.7 Å². The van der Waals surface area contributed by atoms with Gasteiger partial charge < -0.3 is 10.6 Å². The van der Waals surface area contributed by atoms with Crippen LogP contribution in [0.25, 0.3) is 0 Å². The second-order valence-corrected chi connectivity index (χ2v) is 9.23. The van der Waals surface area contributed by atoms with E-state index in [1.54, 1.807) is 7.05 Å². The molecular formula is C24H32N2O2. The summed E-state index contributed by atoms with van der Waals surface area (Å²) < 4.78 is 0. The highest BCUT2D eigenvalue weighted by Gasteiger charge is 2.25. The van der Waals surface area contributed by atoms with E-state index in [-0.39, 0.29) is 22.6 Å². The third-order valence-corrected chi connectivity index (χ3v) is 4.84. The third kappa shape index (κ3) is 5.22. The maximum atomic E-state index is 13.1. The van der Waals surface area contributed by atoms with Crippen LogP contribution in [0, 0.1) is 0 Å². The first-order valence-corrected chi connectivity index (χ1v) is 9.67. The summed E-state index contributed by atoms with van der Waals surface area (Å²) >= 11 is 0. The molecule has 0 saturated carbocycles. The van der Waals surface area contributed by atoms with Gasteiger partial charge in [0.15, 0.2) is 0 Å². The topological polar surface area (TPSA) is 58.2 Å². The summed E-state index contributed by atoms with van der Waals surface area (Å²) in [5, 5.41) is 5.54. The molecule has 0 aliphatic heterocycles. The molecule has 0 heterocycles. The largest absolute Gasteiger partial charge is 0.357 e. The predicted octanol–water partition coefficient (Wildman–Crippen LogP) is 4.50. The number of benzene rings is 2. The molecule has 2 N–H and O–H groups in total. The lowest BCUT2D eigenvalue weighted by Crippen LogP contribution is -2.39. The van der Waals surface area contributed by atoms with Crippen molar-refractivity contribution >= 4 is 11.8 Å². The van der Waals surface area contributed by atoms with Crippen molar-refractivity contribution in [2.75, 3.05) is 7.05 Å². The van der Waals surface area contributed by atoms with Crippen LogP contribution in [-0.4, -0.2) is 18.9 Å². The van der Waals surface area contributed by atoms with Crippen LogP contribution in [0.15, 0.2) is 48.5 Å². The van der Waals surface area contributed by atoms with Gasteiger partial charge in [0, 0.05) is 12.6 Å². The number of carbonyl (C=O) groups is 2. The molecule has 1 atom stereocenters. The summed E-state index contributed by atoms with van der Waals surface area (Å²) in [6, 6.07) is 14.6. The Labute approximate surface area is 168 Å². The van der Waals surface area contributed by atoms with E-state index in [0.29, 0.717) is 5.56 Å². The summed E-state index contributed by atoms with van der Waals surface area (Å²) in [4.78, 5) is 25.5. The first-order chi connectivity index (χ1) is 12.9. The highest BCUT2D eigenvalue weighted by molar-refractivity contribution is 5.98. The lowest BCUT2D eigenvalue weighted by molar-refractivity contribution is -0.122. The maximum absolute atomic E-state index is 13.1. The summed E-state index contributed by atoms with van der Waals surface area (Å²) in [6.45, 7) is 12.8. The first-order valence-electron chi connectivity index (χ1n) is 9.67.